The van der Waals surface area contributed by atoms with Gasteiger partial charge in [0.25, 0.3) is 0 Å². The first-order valence-electron chi connectivity index (χ1n) is 4.40. The van der Waals surface area contributed by atoms with Gasteiger partial charge in [0.05, 0.1) is 11.8 Å². The number of hydrogen-bond donors (Lipinski definition) is 1. The predicted molar refractivity (Wildman–Crippen MR) is 47.2 cm³/mol. The Labute approximate surface area is 76.7 Å². The first-order valence-corrected chi connectivity index (χ1v) is 4.40. The molecule has 1 fully saturated rings. The van der Waals surface area contributed by atoms with E-state index in [0.29, 0.717) is 11.5 Å². The van der Waals surface area contributed by atoms with Crippen LogP contribution in [-0.4, -0.2) is 10.1 Å². The highest BCUT2D eigenvalue weighted by Crippen LogP contribution is 2.36. The van der Waals surface area contributed by atoms with E-state index in [9.17, 15) is 5.11 Å². The standard InChI is InChI=1S/C10H10N2O/c11-5-8-4-9(7-2-1-3-7)12-6-10(8)13/h4,6-7,13H,1-3H2. The highest BCUT2D eigenvalue weighted by molar-refractivity contribution is 5.41. The lowest BCUT2D eigenvalue weighted by atomic mass is 9.82. The molecular weight excluding hydrogens is 164 g/mol. The zero-order valence-corrected chi connectivity index (χ0v) is 7.20. The van der Waals surface area contributed by atoms with Crippen LogP contribution in [0.15, 0.2) is 12.3 Å². The SMILES string of the molecule is N#Cc1cc(C2CCC2)ncc1O. The van der Waals surface area contributed by atoms with Gasteiger partial charge in [0.2, 0.25) is 0 Å². The minimum Gasteiger partial charge on any atom is -0.505 e. The molecule has 1 aromatic rings. The predicted octanol–water partition coefficient (Wildman–Crippen LogP) is 1.93. The molecule has 1 aromatic heterocycles. The number of aromatic hydroxyl groups is 1. The Morgan fingerprint density at radius 2 is 2.31 bits per heavy atom. The van der Waals surface area contributed by atoms with Crippen molar-refractivity contribution in [1.29, 1.82) is 5.26 Å². The average Bonchev–Trinajstić information content (AvgIpc) is 2.05. The lowest BCUT2D eigenvalue weighted by Crippen LogP contribution is -2.10. The Hall–Kier alpha value is -1.56. The number of hydrogen-bond acceptors (Lipinski definition) is 3. The van der Waals surface area contributed by atoms with Crippen LogP contribution in [-0.2, 0) is 0 Å². The van der Waals surface area contributed by atoms with E-state index in [1.807, 2.05) is 6.07 Å². The third-order valence-corrected chi connectivity index (χ3v) is 2.55. The van der Waals surface area contributed by atoms with Crippen LogP contribution in [0.2, 0.25) is 0 Å². The summed E-state index contributed by atoms with van der Waals surface area (Å²) in [7, 11) is 0. The Balaban J connectivity index is 2.33. The van der Waals surface area contributed by atoms with Crippen LogP contribution < -0.4 is 0 Å². The topological polar surface area (TPSA) is 56.9 Å². The quantitative estimate of drug-likeness (QED) is 0.707. The first-order chi connectivity index (χ1) is 6.31. The van der Waals surface area contributed by atoms with Gasteiger partial charge in [-0.2, -0.15) is 5.26 Å². The van der Waals surface area contributed by atoms with E-state index in [4.69, 9.17) is 5.26 Å². The average molecular weight is 174 g/mol. The lowest BCUT2D eigenvalue weighted by molar-refractivity contribution is 0.408. The van der Waals surface area contributed by atoms with Crippen molar-refractivity contribution in [3.63, 3.8) is 0 Å². The second-order valence-electron chi connectivity index (χ2n) is 3.37. The summed E-state index contributed by atoms with van der Waals surface area (Å²) in [6.45, 7) is 0. The largest absolute Gasteiger partial charge is 0.505 e. The third kappa shape index (κ3) is 1.35. The molecule has 1 N–H and O–H groups in total. The summed E-state index contributed by atoms with van der Waals surface area (Å²) < 4.78 is 0. The van der Waals surface area contributed by atoms with E-state index >= 15 is 0 Å². The normalized spacial score (nSPS) is 16.2. The Bertz CT molecular complexity index is 364. The van der Waals surface area contributed by atoms with Gasteiger partial charge in [-0.3, -0.25) is 4.98 Å². The second-order valence-corrected chi connectivity index (χ2v) is 3.37. The van der Waals surface area contributed by atoms with Crippen LogP contribution in [0.25, 0.3) is 0 Å². The fourth-order valence-electron chi connectivity index (χ4n) is 1.48. The van der Waals surface area contributed by atoms with Crippen LogP contribution in [0.1, 0.15) is 36.4 Å². The maximum absolute atomic E-state index is 9.22. The van der Waals surface area contributed by atoms with E-state index < -0.39 is 0 Å². The van der Waals surface area contributed by atoms with Crippen molar-refractivity contribution in [3.05, 3.63) is 23.5 Å². The van der Waals surface area contributed by atoms with Crippen molar-refractivity contribution < 1.29 is 5.11 Å². The van der Waals surface area contributed by atoms with Crippen LogP contribution in [0.3, 0.4) is 0 Å². The maximum Gasteiger partial charge on any atom is 0.151 e. The van der Waals surface area contributed by atoms with Gasteiger partial charge >= 0.3 is 0 Å². The number of aromatic nitrogens is 1. The maximum atomic E-state index is 9.22. The van der Waals surface area contributed by atoms with Gasteiger partial charge in [0.1, 0.15) is 6.07 Å². The number of nitriles is 1. The number of pyridine rings is 1. The summed E-state index contributed by atoms with van der Waals surface area (Å²) in [5.74, 6) is 0.485. The molecule has 0 radical (unpaired) electrons. The third-order valence-electron chi connectivity index (χ3n) is 2.55. The van der Waals surface area contributed by atoms with E-state index in [2.05, 4.69) is 4.98 Å². The zero-order valence-electron chi connectivity index (χ0n) is 7.20. The van der Waals surface area contributed by atoms with Gasteiger partial charge < -0.3 is 5.11 Å². The van der Waals surface area contributed by atoms with Crippen LogP contribution in [0.4, 0.5) is 0 Å². The van der Waals surface area contributed by atoms with Crippen LogP contribution in [0, 0.1) is 11.3 Å². The summed E-state index contributed by atoms with van der Waals surface area (Å²) in [4.78, 5) is 4.11. The summed E-state index contributed by atoms with van der Waals surface area (Å²) in [6, 6.07) is 3.64. The molecule has 13 heavy (non-hydrogen) atoms. The highest BCUT2D eigenvalue weighted by Gasteiger charge is 2.21. The first kappa shape index (κ1) is 8.06. The molecule has 1 aliphatic rings. The molecule has 1 aliphatic carbocycles. The molecule has 0 saturated heterocycles. The number of nitrogens with zero attached hydrogens (tertiary/aromatic N) is 2. The molecule has 66 valence electrons. The molecule has 2 rings (SSSR count). The van der Waals surface area contributed by atoms with Crippen molar-refractivity contribution in [3.8, 4) is 11.8 Å². The fraction of sp³-hybridized carbons (Fsp3) is 0.400. The molecule has 0 atom stereocenters. The van der Waals surface area contributed by atoms with Crippen molar-refractivity contribution in [2.45, 2.75) is 25.2 Å². The summed E-state index contributed by atoms with van der Waals surface area (Å²) >= 11 is 0. The van der Waals surface area contributed by atoms with Gasteiger partial charge in [0, 0.05) is 11.6 Å². The van der Waals surface area contributed by atoms with E-state index in [-0.39, 0.29) is 5.75 Å². The molecule has 0 bridgehead atoms. The molecular formula is C10H10N2O. The molecule has 0 aromatic carbocycles. The lowest BCUT2D eigenvalue weighted by Gasteiger charge is -2.24. The van der Waals surface area contributed by atoms with Gasteiger partial charge in [-0.1, -0.05) is 6.42 Å². The van der Waals surface area contributed by atoms with E-state index in [0.717, 1.165) is 18.5 Å². The van der Waals surface area contributed by atoms with Crippen molar-refractivity contribution in [2.24, 2.45) is 0 Å². The molecule has 3 nitrogen and oxygen atoms in total. The Kier molecular flexibility index (Phi) is 1.90. The van der Waals surface area contributed by atoms with E-state index in [1.54, 1.807) is 6.07 Å². The van der Waals surface area contributed by atoms with Crippen molar-refractivity contribution in [1.82, 2.24) is 4.98 Å². The molecule has 0 spiro atoms. The fourth-order valence-corrected chi connectivity index (χ4v) is 1.48. The summed E-state index contributed by atoms with van der Waals surface area (Å²) in [5, 5.41) is 17.9. The Morgan fingerprint density at radius 3 is 2.85 bits per heavy atom. The molecule has 3 heteroatoms. The van der Waals surface area contributed by atoms with Gasteiger partial charge in [-0.15, -0.1) is 0 Å². The molecule has 0 amide bonds. The van der Waals surface area contributed by atoms with E-state index in [1.165, 1.54) is 12.6 Å². The zero-order chi connectivity index (χ0) is 9.26. The minimum atomic E-state index is -0.0226. The molecule has 0 unspecified atom stereocenters. The van der Waals surface area contributed by atoms with Crippen molar-refractivity contribution in [2.75, 3.05) is 0 Å². The second kappa shape index (κ2) is 3.06. The Morgan fingerprint density at radius 1 is 1.54 bits per heavy atom. The monoisotopic (exact) mass is 174 g/mol. The minimum absolute atomic E-state index is 0.0226. The highest BCUT2D eigenvalue weighted by atomic mass is 16.3. The molecule has 1 heterocycles. The van der Waals surface area contributed by atoms with Crippen LogP contribution in [0.5, 0.6) is 5.75 Å². The molecule has 1 saturated carbocycles. The van der Waals surface area contributed by atoms with Gasteiger partial charge in [-0.05, 0) is 18.9 Å². The van der Waals surface area contributed by atoms with Gasteiger partial charge in [0.15, 0.2) is 5.75 Å². The summed E-state index contributed by atoms with van der Waals surface area (Å²) in [5.41, 5.74) is 1.28. The van der Waals surface area contributed by atoms with Crippen molar-refractivity contribution >= 4 is 0 Å². The smallest absolute Gasteiger partial charge is 0.151 e. The van der Waals surface area contributed by atoms with Gasteiger partial charge in [-0.25, -0.2) is 0 Å². The number of rotatable bonds is 1. The molecule has 0 aliphatic heterocycles. The summed E-state index contributed by atoms with van der Waals surface area (Å²) in [6.07, 6.45) is 4.92. The van der Waals surface area contributed by atoms with Crippen LogP contribution >= 0.6 is 0 Å².